The fourth-order valence-electron chi connectivity index (χ4n) is 4.79. The second-order valence-corrected chi connectivity index (χ2v) is 15.1. The van der Waals surface area contributed by atoms with Gasteiger partial charge in [-0.05, 0) is 0 Å². The Hall–Kier alpha value is -3.41. The summed E-state index contributed by atoms with van der Waals surface area (Å²) in [6, 6.07) is 54.7. The average molecular weight is 645 g/mol. The Morgan fingerprint density at radius 1 is 0.463 bits per heavy atom. The van der Waals surface area contributed by atoms with Gasteiger partial charge < -0.3 is 0 Å². The van der Waals surface area contributed by atoms with E-state index >= 15 is 0 Å². The molecule has 0 aliphatic rings. The van der Waals surface area contributed by atoms with E-state index in [9.17, 15) is 0 Å². The quantitative estimate of drug-likeness (QED) is 0.201. The molecule has 0 aliphatic heterocycles. The van der Waals surface area contributed by atoms with Gasteiger partial charge in [-0.25, -0.2) is 18.6 Å². The molecule has 0 spiro atoms. The number of hydrogen-bond acceptors (Lipinski definition) is 5. The molecule has 0 amide bonds. The number of nitrogens with zero attached hydrogens (tertiary/aromatic N) is 1. The molecular formula is C33H25ClNO4PSe. The minimum absolute atomic E-state index is 0.0850. The van der Waals surface area contributed by atoms with Crippen molar-refractivity contribution >= 4 is 43.1 Å². The van der Waals surface area contributed by atoms with Crippen molar-refractivity contribution in [1.82, 2.24) is 4.98 Å². The molecule has 1 aromatic heterocycles. The Labute approximate surface area is 247 Å². The third-order valence-electron chi connectivity index (χ3n) is 6.41. The summed E-state index contributed by atoms with van der Waals surface area (Å²) in [5, 5.41) is 4.00. The van der Waals surface area contributed by atoms with E-state index in [4.69, 9.17) is 23.6 Å². The van der Waals surface area contributed by atoms with Crippen LogP contribution in [0.2, 0.25) is 0 Å². The van der Waals surface area contributed by atoms with Gasteiger partial charge in [-0.3, -0.25) is 0 Å². The Morgan fingerprint density at radius 3 is 1.15 bits per heavy atom. The van der Waals surface area contributed by atoms with Crippen LogP contribution in [-0.2, 0) is 0 Å². The molecule has 0 fully saturated rings. The first-order chi connectivity index (χ1) is 19.9. The molecule has 1 heterocycles. The van der Waals surface area contributed by atoms with Crippen LogP contribution in [0.1, 0.15) is 0 Å². The van der Waals surface area contributed by atoms with Crippen LogP contribution in [0.3, 0.4) is 0 Å². The van der Waals surface area contributed by atoms with Gasteiger partial charge in [-0.1, -0.05) is 0 Å². The molecule has 0 bridgehead atoms. The van der Waals surface area contributed by atoms with Crippen LogP contribution < -0.4 is 40.0 Å². The van der Waals surface area contributed by atoms with Crippen molar-refractivity contribution in [2.24, 2.45) is 0 Å². The zero-order chi connectivity index (χ0) is 28.7. The van der Waals surface area contributed by atoms with Crippen molar-refractivity contribution in [1.29, 1.82) is 0 Å². The van der Waals surface area contributed by atoms with E-state index in [2.05, 4.69) is 152 Å². The first-order valence-electron chi connectivity index (χ1n) is 12.7. The summed E-state index contributed by atoms with van der Waals surface area (Å²) in [6.45, 7) is 0. The van der Waals surface area contributed by atoms with Gasteiger partial charge in [-0.2, -0.15) is 0 Å². The molecule has 0 saturated carbocycles. The molecule has 6 aromatic rings. The topological polar surface area (TPSA) is 105 Å². The number of aromatic nitrogens is 1. The molecule has 0 unspecified atom stereocenters. The van der Waals surface area contributed by atoms with Gasteiger partial charge >= 0.3 is 220 Å². The maximum absolute atomic E-state index is 8.49. The molecule has 0 aliphatic carbocycles. The maximum atomic E-state index is 8.49. The molecule has 0 atom stereocenters. The third-order valence-corrected chi connectivity index (χ3v) is 13.4. The number of hydrogen-bond donors (Lipinski definition) is 0. The van der Waals surface area contributed by atoms with E-state index in [0.29, 0.717) is 0 Å². The standard InChI is InChI=1S/C33H25NPSe.ClHO4/c1-6-16-26(17-7-1)31-32(34-33(36-31)27-18-8-2-9-19-27)35(28-20-10-3-11-21-28,29-22-12-4-13-23-29)30-24-14-5-15-25-30;2-1(3,4)5/h1-25H;(H,2,3,4,5)/q+1;/p-1. The summed E-state index contributed by atoms with van der Waals surface area (Å²) in [6.07, 6.45) is 0. The van der Waals surface area contributed by atoms with Crippen molar-refractivity contribution in [2.45, 2.75) is 0 Å². The molecule has 6 rings (SSSR count). The molecule has 8 heteroatoms. The van der Waals surface area contributed by atoms with Crippen LogP contribution in [0.4, 0.5) is 0 Å². The van der Waals surface area contributed by atoms with Crippen LogP contribution in [0.25, 0.3) is 20.1 Å². The van der Waals surface area contributed by atoms with Crippen LogP contribution in [0.5, 0.6) is 0 Å². The van der Waals surface area contributed by atoms with E-state index in [1.54, 1.807) is 0 Å². The second-order valence-electron chi connectivity index (χ2n) is 8.96. The zero-order valence-electron chi connectivity index (χ0n) is 21.7. The number of benzene rings is 5. The van der Waals surface area contributed by atoms with Crippen molar-refractivity contribution < 1.29 is 28.9 Å². The summed E-state index contributed by atoms with van der Waals surface area (Å²) >= 11 is 0.0850. The predicted octanol–water partition coefficient (Wildman–Crippen LogP) is 1.34. The van der Waals surface area contributed by atoms with Crippen molar-refractivity contribution in [3.63, 3.8) is 0 Å². The number of rotatable bonds is 6. The monoisotopic (exact) mass is 645 g/mol. The van der Waals surface area contributed by atoms with Gasteiger partial charge in [0.05, 0.1) is 0 Å². The summed E-state index contributed by atoms with van der Waals surface area (Å²) in [5.74, 6) is 0. The minimum atomic E-state index is -4.94. The number of halogens is 1. The molecule has 204 valence electrons. The molecule has 0 saturated heterocycles. The average Bonchev–Trinajstić information content (AvgIpc) is 3.45. The van der Waals surface area contributed by atoms with E-state index < -0.39 is 17.5 Å². The molecule has 41 heavy (non-hydrogen) atoms. The third kappa shape index (κ3) is 6.74. The SMILES string of the molecule is [O-][Cl+3]([O-])([O-])[O-].c1ccc(-c2nc([P+](c3ccccc3)(c3ccccc3)c3ccccc3)c(-c3ccccc3)[se]2)cc1. The van der Waals surface area contributed by atoms with Crippen LogP contribution >= 0.6 is 7.26 Å². The predicted molar refractivity (Wildman–Crippen MR) is 157 cm³/mol. The fraction of sp³-hybridized carbons (Fsp3) is 0. The summed E-state index contributed by atoms with van der Waals surface area (Å²) in [5.41, 5.74) is 3.72. The van der Waals surface area contributed by atoms with Gasteiger partial charge in [0.1, 0.15) is 0 Å². The Morgan fingerprint density at radius 2 is 0.780 bits per heavy atom. The fourth-order valence-corrected chi connectivity index (χ4v) is 12.3. The molecule has 0 N–H and O–H groups in total. The van der Waals surface area contributed by atoms with Gasteiger partial charge in [0.15, 0.2) is 0 Å². The second kappa shape index (κ2) is 13.1. The van der Waals surface area contributed by atoms with Gasteiger partial charge in [-0.15, -0.1) is 10.2 Å². The van der Waals surface area contributed by atoms with E-state index in [1.807, 2.05) is 0 Å². The Kier molecular flexibility index (Phi) is 9.26. The van der Waals surface area contributed by atoms with Gasteiger partial charge in [0.2, 0.25) is 0 Å². The van der Waals surface area contributed by atoms with Crippen LogP contribution in [0.15, 0.2) is 152 Å². The van der Waals surface area contributed by atoms with Crippen molar-refractivity contribution in [3.05, 3.63) is 152 Å². The van der Waals surface area contributed by atoms with Crippen molar-refractivity contribution in [3.8, 4) is 20.1 Å². The Balaban J connectivity index is 0.000000623. The Bertz CT molecular complexity index is 1560. The zero-order valence-corrected chi connectivity index (χ0v) is 25.1. The first-order valence-corrected chi connectivity index (χ1v) is 17.4. The summed E-state index contributed by atoms with van der Waals surface area (Å²) < 4.78 is 36.6. The molecular weight excluding hydrogens is 620 g/mol. The van der Waals surface area contributed by atoms with E-state index in [1.165, 1.54) is 41.5 Å². The normalized spacial score (nSPS) is 11.4. The molecule has 5 aromatic carbocycles. The van der Waals surface area contributed by atoms with Gasteiger partial charge in [0.25, 0.3) is 0 Å². The first kappa shape index (κ1) is 29.1. The summed E-state index contributed by atoms with van der Waals surface area (Å²) in [4.78, 5) is 5.59. The summed E-state index contributed by atoms with van der Waals surface area (Å²) in [7, 11) is -7.22. The molecule has 0 radical (unpaired) electrons. The van der Waals surface area contributed by atoms with Crippen molar-refractivity contribution in [2.75, 3.05) is 0 Å². The van der Waals surface area contributed by atoms with Crippen LogP contribution in [0, 0.1) is 10.2 Å². The molecule has 5 nitrogen and oxygen atoms in total. The van der Waals surface area contributed by atoms with Crippen LogP contribution in [-0.4, -0.2) is 19.5 Å². The van der Waals surface area contributed by atoms with E-state index in [-0.39, 0.29) is 14.5 Å². The van der Waals surface area contributed by atoms with E-state index in [0.717, 1.165) is 0 Å². The van der Waals surface area contributed by atoms with Gasteiger partial charge in [0, 0.05) is 0 Å².